The van der Waals surface area contributed by atoms with Crippen molar-refractivity contribution in [3.8, 4) is 0 Å². The van der Waals surface area contributed by atoms with Crippen LogP contribution >= 0.6 is 24.0 Å². The van der Waals surface area contributed by atoms with Gasteiger partial charge in [-0.2, -0.15) is 0 Å². The second-order valence-corrected chi connectivity index (χ2v) is 7.16. The van der Waals surface area contributed by atoms with Crippen LogP contribution in [-0.4, -0.2) is 61.4 Å². The Morgan fingerprint density at radius 2 is 1.73 bits per heavy atom. The third-order valence-electron chi connectivity index (χ3n) is 5.32. The quantitative estimate of drug-likeness (QED) is 0.326. The minimum atomic E-state index is -0.0473. The minimum absolute atomic E-state index is 0. The molecule has 158 valence electrons. The Bertz CT molecular complexity index is 995. The van der Waals surface area contributed by atoms with Gasteiger partial charge >= 0.3 is 0 Å². The summed E-state index contributed by atoms with van der Waals surface area (Å²) in [5.74, 6) is 1.24. The Labute approximate surface area is 194 Å². The molecule has 0 radical (unpaired) electrons. The molecule has 1 aromatic heterocycles. The topological polar surface area (TPSA) is 61.1 Å². The van der Waals surface area contributed by atoms with Gasteiger partial charge in [0.25, 0.3) is 5.91 Å². The van der Waals surface area contributed by atoms with E-state index in [0.717, 1.165) is 32.0 Å². The molecule has 0 saturated carbocycles. The summed E-state index contributed by atoms with van der Waals surface area (Å²) in [7, 11) is 1.80. The lowest BCUT2D eigenvalue weighted by molar-refractivity contribution is 0.0658. The standard InChI is InChI=1S/C23H26N4O2.HI/c1-24-23(25-11-10-18-8-9-19-5-2-3-6-20(19)17-18)27-14-12-26(13-15-27)22(28)21-7-4-16-29-21;/h2-9,16-17H,10-15H2,1H3,(H,24,25);1H. The predicted octanol–water partition coefficient (Wildman–Crippen LogP) is 3.63. The number of rotatable bonds is 4. The van der Waals surface area contributed by atoms with E-state index in [1.54, 1.807) is 19.2 Å². The van der Waals surface area contributed by atoms with Gasteiger partial charge in [0.1, 0.15) is 0 Å². The molecular weight excluding hydrogens is 491 g/mol. The van der Waals surface area contributed by atoms with Crippen molar-refractivity contribution in [3.05, 3.63) is 72.2 Å². The van der Waals surface area contributed by atoms with E-state index in [9.17, 15) is 4.79 Å². The Morgan fingerprint density at radius 1 is 1.00 bits per heavy atom. The average Bonchev–Trinajstić information content (AvgIpc) is 3.31. The maximum Gasteiger partial charge on any atom is 0.289 e. The lowest BCUT2D eigenvalue weighted by atomic mass is 10.1. The van der Waals surface area contributed by atoms with Crippen molar-refractivity contribution in [2.24, 2.45) is 4.99 Å². The molecule has 4 rings (SSSR count). The zero-order valence-corrected chi connectivity index (χ0v) is 19.4. The van der Waals surface area contributed by atoms with Gasteiger partial charge in [-0.3, -0.25) is 9.79 Å². The van der Waals surface area contributed by atoms with Crippen LogP contribution in [0.4, 0.5) is 0 Å². The van der Waals surface area contributed by atoms with Crippen molar-refractivity contribution >= 4 is 46.6 Å². The number of guanidine groups is 1. The van der Waals surface area contributed by atoms with E-state index in [1.165, 1.54) is 22.6 Å². The molecule has 6 nitrogen and oxygen atoms in total. The summed E-state index contributed by atoms with van der Waals surface area (Å²) in [5.41, 5.74) is 1.31. The highest BCUT2D eigenvalue weighted by Crippen LogP contribution is 2.16. The summed E-state index contributed by atoms with van der Waals surface area (Å²) in [6.07, 6.45) is 2.46. The molecule has 0 spiro atoms. The van der Waals surface area contributed by atoms with Crippen LogP contribution in [0.15, 0.2) is 70.3 Å². The molecule has 2 heterocycles. The molecule has 1 amide bonds. The van der Waals surface area contributed by atoms with Crippen LogP contribution in [0.5, 0.6) is 0 Å². The second kappa shape index (κ2) is 10.5. The molecule has 1 aliphatic heterocycles. The number of carbonyl (C=O) groups is 1. The number of nitrogens with zero attached hydrogens (tertiary/aromatic N) is 3. The van der Waals surface area contributed by atoms with E-state index in [4.69, 9.17) is 4.42 Å². The molecule has 0 aliphatic carbocycles. The summed E-state index contributed by atoms with van der Waals surface area (Å²) in [5, 5.41) is 6.00. The Hall–Kier alpha value is -2.55. The first-order chi connectivity index (χ1) is 14.2. The first-order valence-electron chi connectivity index (χ1n) is 10.0. The van der Waals surface area contributed by atoms with Crippen molar-refractivity contribution in [1.29, 1.82) is 0 Å². The van der Waals surface area contributed by atoms with E-state index in [1.807, 2.05) is 4.90 Å². The summed E-state index contributed by atoms with van der Waals surface area (Å²) in [6.45, 7) is 3.64. The van der Waals surface area contributed by atoms with Crippen molar-refractivity contribution in [3.63, 3.8) is 0 Å². The monoisotopic (exact) mass is 518 g/mol. The average molecular weight is 518 g/mol. The number of nitrogens with one attached hydrogen (secondary N) is 1. The number of fused-ring (bicyclic) bond motifs is 1. The molecule has 1 saturated heterocycles. The molecular formula is C23H27IN4O2. The van der Waals surface area contributed by atoms with Gasteiger partial charge in [0.15, 0.2) is 11.7 Å². The number of piperazine rings is 1. The van der Waals surface area contributed by atoms with Gasteiger partial charge in [-0.05, 0) is 34.9 Å². The van der Waals surface area contributed by atoms with Crippen molar-refractivity contribution in [2.45, 2.75) is 6.42 Å². The first-order valence-corrected chi connectivity index (χ1v) is 10.0. The fourth-order valence-corrected chi connectivity index (χ4v) is 3.72. The van der Waals surface area contributed by atoms with Gasteiger partial charge in [0, 0.05) is 39.8 Å². The highest BCUT2D eigenvalue weighted by atomic mass is 127. The van der Waals surface area contributed by atoms with Crippen LogP contribution in [0.2, 0.25) is 0 Å². The lowest BCUT2D eigenvalue weighted by Gasteiger charge is -2.36. The SMILES string of the molecule is CN=C(NCCc1ccc2ccccc2c1)N1CCN(C(=O)c2ccco2)CC1.I. The smallest absolute Gasteiger partial charge is 0.289 e. The third kappa shape index (κ3) is 5.13. The number of amides is 1. The summed E-state index contributed by atoms with van der Waals surface area (Å²) < 4.78 is 5.23. The van der Waals surface area contributed by atoms with E-state index in [2.05, 4.69) is 57.7 Å². The molecule has 1 fully saturated rings. The van der Waals surface area contributed by atoms with E-state index in [-0.39, 0.29) is 29.9 Å². The highest BCUT2D eigenvalue weighted by molar-refractivity contribution is 14.0. The van der Waals surface area contributed by atoms with Gasteiger partial charge in [-0.15, -0.1) is 24.0 Å². The predicted molar refractivity (Wildman–Crippen MR) is 131 cm³/mol. The van der Waals surface area contributed by atoms with Gasteiger partial charge in [-0.1, -0.05) is 42.5 Å². The van der Waals surface area contributed by atoms with Gasteiger partial charge in [0.05, 0.1) is 6.26 Å². The van der Waals surface area contributed by atoms with Crippen LogP contribution in [-0.2, 0) is 6.42 Å². The number of aliphatic imine (C=N–C) groups is 1. The molecule has 3 aromatic rings. The molecule has 2 aromatic carbocycles. The largest absolute Gasteiger partial charge is 0.459 e. The number of hydrogen-bond donors (Lipinski definition) is 1. The third-order valence-corrected chi connectivity index (χ3v) is 5.32. The summed E-state index contributed by atoms with van der Waals surface area (Å²) >= 11 is 0. The Kier molecular flexibility index (Phi) is 7.73. The second-order valence-electron chi connectivity index (χ2n) is 7.16. The zero-order chi connectivity index (χ0) is 20.1. The Balaban J connectivity index is 0.00000256. The maximum absolute atomic E-state index is 12.4. The fourth-order valence-electron chi connectivity index (χ4n) is 3.72. The van der Waals surface area contributed by atoms with Crippen LogP contribution in [0.3, 0.4) is 0 Å². The minimum Gasteiger partial charge on any atom is -0.459 e. The normalized spacial score (nSPS) is 14.5. The van der Waals surface area contributed by atoms with Crippen molar-refractivity contribution in [1.82, 2.24) is 15.1 Å². The highest BCUT2D eigenvalue weighted by Gasteiger charge is 2.25. The molecule has 30 heavy (non-hydrogen) atoms. The maximum atomic E-state index is 12.4. The number of benzene rings is 2. The van der Waals surface area contributed by atoms with E-state index >= 15 is 0 Å². The first kappa shape index (κ1) is 22.1. The number of furan rings is 1. The lowest BCUT2D eigenvalue weighted by Crippen LogP contribution is -2.53. The van der Waals surface area contributed by atoms with Crippen molar-refractivity contribution in [2.75, 3.05) is 39.8 Å². The van der Waals surface area contributed by atoms with Gasteiger partial charge in [0.2, 0.25) is 0 Å². The van der Waals surface area contributed by atoms with Crippen molar-refractivity contribution < 1.29 is 9.21 Å². The van der Waals surface area contributed by atoms with Crippen LogP contribution in [0.25, 0.3) is 10.8 Å². The van der Waals surface area contributed by atoms with Gasteiger partial charge in [-0.25, -0.2) is 0 Å². The Morgan fingerprint density at radius 3 is 2.43 bits per heavy atom. The van der Waals surface area contributed by atoms with E-state index < -0.39 is 0 Å². The summed E-state index contributed by atoms with van der Waals surface area (Å²) in [6, 6.07) is 18.5. The molecule has 0 atom stereocenters. The zero-order valence-electron chi connectivity index (χ0n) is 17.1. The number of hydrogen-bond acceptors (Lipinski definition) is 3. The van der Waals surface area contributed by atoms with Gasteiger partial charge < -0.3 is 19.5 Å². The molecule has 0 unspecified atom stereocenters. The fraction of sp³-hybridized carbons (Fsp3) is 0.304. The number of carbonyl (C=O) groups excluding carboxylic acids is 1. The van der Waals surface area contributed by atoms with Crippen LogP contribution in [0.1, 0.15) is 16.1 Å². The molecule has 1 aliphatic rings. The van der Waals surface area contributed by atoms with E-state index in [0.29, 0.717) is 18.8 Å². The van der Waals surface area contributed by atoms with Crippen LogP contribution < -0.4 is 5.32 Å². The molecule has 0 bridgehead atoms. The number of halogens is 1. The van der Waals surface area contributed by atoms with Crippen LogP contribution in [0, 0.1) is 0 Å². The molecule has 1 N–H and O–H groups in total. The summed E-state index contributed by atoms with van der Waals surface area (Å²) in [4.78, 5) is 20.9. The molecule has 7 heteroatoms.